The van der Waals surface area contributed by atoms with Gasteiger partial charge in [0.25, 0.3) is 0 Å². The summed E-state index contributed by atoms with van der Waals surface area (Å²) in [5.41, 5.74) is 0.561. The first-order chi connectivity index (χ1) is 18.9. The van der Waals surface area contributed by atoms with Crippen LogP contribution in [0.2, 0.25) is 5.02 Å². The van der Waals surface area contributed by atoms with E-state index in [0.29, 0.717) is 29.8 Å². The van der Waals surface area contributed by atoms with Gasteiger partial charge in [0.05, 0.1) is 6.04 Å². The Hall–Kier alpha value is -3.46. The van der Waals surface area contributed by atoms with Crippen molar-refractivity contribution in [3.8, 4) is 0 Å². The third kappa shape index (κ3) is 8.27. The van der Waals surface area contributed by atoms with Crippen molar-refractivity contribution in [2.75, 3.05) is 6.54 Å². The number of amides is 3. The zero-order valence-electron chi connectivity index (χ0n) is 23.2. The predicted octanol–water partition coefficient (Wildman–Crippen LogP) is 4.85. The van der Waals surface area contributed by atoms with Crippen LogP contribution in [0.3, 0.4) is 0 Å². The smallest absolute Gasteiger partial charge is 0.408 e. The highest BCUT2D eigenvalue weighted by Crippen LogP contribution is 2.40. The standard InChI is InChI=1S/C30H37ClFN3O5/c1-18(2)14-25(28(38)34-24(17-36)15-20-12-13-33-27(20)37)35-29(39)40-26(19-8-10-23(32)11-9-19)30(3,4)21-6-5-7-22(31)16-21/h5-11,16-18,20,24-26H,12-15H2,1-4H3,(H,33,37)(H,34,38)(H,35,39). The Kier molecular flexibility index (Phi) is 10.7. The van der Waals surface area contributed by atoms with Gasteiger partial charge in [0, 0.05) is 22.9 Å². The second-order valence-electron chi connectivity index (χ2n) is 11.2. The van der Waals surface area contributed by atoms with Crippen molar-refractivity contribution < 1.29 is 28.3 Å². The van der Waals surface area contributed by atoms with Crippen LogP contribution < -0.4 is 16.0 Å². The lowest BCUT2D eigenvalue weighted by Crippen LogP contribution is -2.51. The lowest BCUT2D eigenvalue weighted by molar-refractivity contribution is -0.127. The summed E-state index contributed by atoms with van der Waals surface area (Å²) in [6.07, 6.45) is -0.0464. The average Bonchev–Trinajstić information content (AvgIpc) is 3.30. The van der Waals surface area contributed by atoms with Gasteiger partial charge in [-0.05, 0) is 60.6 Å². The molecule has 1 aliphatic heterocycles. The summed E-state index contributed by atoms with van der Waals surface area (Å²) in [7, 11) is 0. The molecule has 0 radical (unpaired) electrons. The van der Waals surface area contributed by atoms with Crippen molar-refractivity contribution in [1.82, 2.24) is 16.0 Å². The molecule has 10 heteroatoms. The molecule has 216 valence electrons. The maximum absolute atomic E-state index is 13.7. The van der Waals surface area contributed by atoms with Gasteiger partial charge in [-0.2, -0.15) is 0 Å². The van der Waals surface area contributed by atoms with E-state index in [0.717, 1.165) is 5.56 Å². The van der Waals surface area contributed by atoms with Gasteiger partial charge < -0.3 is 25.5 Å². The molecule has 0 aliphatic carbocycles. The van der Waals surface area contributed by atoms with E-state index in [4.69, 9.17) is 16.3 Å². The van der Waals surface area contributed by atoms with Gasteiger partial charge in [0.15, 0.2) is 0 Å². The molecule has 1 aliphatic rings. The number of hydrogen-bond acceptors (Lipinski definition) is 5. The minimum atomic E-state index is -0.990. The number of nitrogens with one attached hydrogen (secondary N) is 3. The van der Waals surface area contributed by atoms with E-state index in [2.05, 4.69) is 16.0 Å². The Labute approximate surface area is 239 Å². The van der Waals surface area contributed by atoms with Crippen LogP contribution in [0.15, 0.2) is 48.5 Å². The van der Waals surface area contributed by atoms with Crippen LogP contribution >= 0.6 is 11.6 Å². The molecule has 1 fully saturated rings. The lowest BCUT2D eigenvalue weighted by atomic mass is 9.76. The number of carbonyl (C=O) groups is 4. The van der Waals surface area contributed by atoms with Crippen molar-refractivity contribution >= 4 is 35.8 Å². The fraction of sp³-hybridized carbons (Fsp3) is 0.467. The van der Waals surface area contributed by atoms with Crippen molar-refractivity contribution in [2.45, 2.75) is 70.6 Å². The number of benzene rings is 2. The Morgan fingerprint density at radius 2 is 1.88 bits per heavy atom. The maximum atomic E-state index is 13.7. The molecule has 2 aromatic carbocycles. The molecule has 0 spiro atoms. The van der Waals surface area contributed by atoms with E-state index in [1.165, 1.54) is 12.1 Å². The molecule has 2 aromatic rings. The molecule has 1 heterocycles. The molecule has 4 atom stereocenters. The van der Waals surface area contributed by atoms with Crippen LogP contribution in [-0.4, -0.2) is 42.8 Å². The number of halogens is 2. The van der Waals surface area contributed by atoms with Gasteiger partial charge in [0.1, 0.15) is 24.2 Å². The highest BCUT2D eigenvalue weighted by atomic mass is 35.5. The minimum absolute atomic E-state index is 0.0298. The molecule has 8 nitrogen and oxygen atoms in total. The van der Waals surface area contributed by atoms with Gasteiger partial charge in [-0.1, -0.05) is 63.6 Å². The molecule has 0 bridgehead atoms. The Morgan fingerprint density at radius 3 is 2.45 bits per heavy atom. The normalized spacial score (nSPS) is 17.5. The van der Waals surface area contributed by atoms with Gasteiger partial charge in [-0.25, -0.2) is 9.18 Å². The molecule has 0 saturated carbocycles. The summed E-state index contributed by atoms with van der Waals surface area (Å²) in [6, 6.07) is 11.0. The van der Waals surface area contributed by atoms with E-state index in [1.54, 1.807) is 30.3 Å². The number of alkyl carbamates (subject to hydrolysis) is 1. The maximum Gasteiger partial charge on any atom is 0.408 e. The van der Waals surface area contributed by atoms with E-state index >= 15 is 0 Å². The lowest BCUT2D eigenvalue weighted by Gasteiger charge is -2.35. The SMILES string of the molecule is CC(C)CC(NC(=O)OC(c1ccc(F)cc1)C(C)(C)c1cccc(Cl)c1)C(=O)NC(C=O)CC1CCNC1=O. The summed E-state index contributed by atoms with van der Waals surface area (Å²) in [4.78, 5) is 50.1. The molecule has 4 unspecified atom stereocenters. The Bertz CT molecular complexity index is 1200. The zero-order valence-corrected chi connectivity index (χ0v) is 24.0. The molecular weight excluding hydrogens is 537 g/mol. The van der Waals surface area contributed by atoms with Crippen LogP contribution in [-0.2, 0) is 24.5 Å². The van der Waals surface area contributed by atoms with Crippen molar-refractivity contribution in [3.05, 3.63) is 70.5 Å². The number of aldehydes is 1. The number of ether oxygens (including phenoxy) is 1. The largest absolute Gasteiger partial charge is 0.440 e. The van der Waals surface area contributed by atoms with Crippen molar-refractivity contribution in [2.24, 2.45) is 11.8 Å². The van der Waals surface area contributed by atoms with Crippen molar-refractivity contribution in [1.29, 1.82) is 0 Å². The summed E-state index contributed by atoms with van der Waals surface area (Å²) in [5.74, 6) is -1.45. The molecular formula is C30H37ClFN3O5. The monoisotopic (exact) mass is 573 g/mol. The number of rotatable bonds is 12. The number of hydrogen-bond donors (Lipinski definition) is 3. The third-order valence-electron chi connectivity index (χ3n) is 7.13. The predicted molar refractivity (Wildman–Crippen MR) is 150 cm³/mol. The quantitative estimate of drug-likeness (QED) is 0.314. The summed E-state index contributed by atoms with van der Waals surface area (Å²) >= 11 is 6.23. The Balaban J connectivity index is 1.79. The van der Waals surface area contributed by atoms with Gasteiger partial charge in [-0.15, -0.1) is 0 Å². The second-order valence-corrected chi connectivity index (χ2v) is 11.6. The highest BCUT2D eigenvalue weighted by Gasteiger charge is 2.37. The minimum Gasteiger partial charge on any atom is -0.440 e. The third-order valence-corrected chi connectivity index (χ3v) is 7.37. The van der Waals surface area contributed by atoms with E-state index in [-0.39, 0.29) is 30.6 Å². The average molecular weight is 574 g/mol. The number of carbonyl (C=O) groups excluding carboxylic acids is 4. The van der Waals surface area contributed by atoms with Crippen molar-refractivity contribution in [3.63, 3.8) is 0 Å². The molecule has 1 saturated heterocycles. The van der Waals surface area contributed by atoms with E-state index in [9.17, 15) is 23.6 Å². The molecule has 3 N–H and O–H groups in total. The van der Waals surface area contributed by atoms with Gasteiger partial charge >= 0.3 is 6.09 Å². The second kappa shape index (κ2) is 13.7. The molecule has 3 rings (SSSR count). The first kappa shape index (κ1) is 31.1. The van der Waals surface area contributed by atoms with Crippen LogP contribution in [0.4, 0.5) is 9.18 Å². The summed E-state index contributed by atoms with van der Waals surface area (Å²) < 4.78 is 19.7. The first-order valence-electron chi connectivity index (χ1n) is 13.4. The molecule has 3 amide bonds. The first-order valence-corrected chi connectivity index (χ1v) is 13.8. The molecule has 40 heavy (non-hydrogen) atoms. The fourth-order valence-corrected chi connectivity index (χ4v) is 5.10. The van der Waals surface area contributed by atoms with Gasteiger partial charge in [0.2, 0.25) is 11.8 Å². The van der Waals surface area contributed by atoms with E-state index < -0.39 is 41.4 Å². The van der Waals surface area contributed by atoms with E-state index in [1.807, 2.05) is 33.8 Å². The highest BCUT2D eigenvalue weighted by molar-refractivity contribution is 6.30. The van der Waals surface area contributed by atoms with Crippen LogP contribution in [0, 0.1) is 17.7 Å². The Morgan fingerprint density at radius 1 is 1.18 bits per heavy atom. The topological polar surface area (TPSA) is 114 Å². The summed E-state index contributed by atoms with van der Waals surface area (Å²) in [5, 5.41) is 8.56. The van der Waals surface area contributed by atoms with Gasteiger partial charge in [-0.3, -0.25) is 9.59 Å². The van der Waals surface area contributed by atoms with Crippen LogP contribution in [0.25, 0.3) is 0 Å². The zero-order chi connectivity index (χ0) is 29.4. The molecule has 0 aromatic heterocycles. The summed E-state index contributed by atoms with van der Waals surface area (Å²) in [6.45, 7) is 8.10. The van der Waals surface area contributed by atoms with Crippen LogP contribution in [0.5, 0.6) is 0 Å². The fourth-order valence-electron chi connectivity index (χ4n) is 4.90. The van der Waals surface area contributed by atoms with Crippen LogP contribution in [0.1, 0.15) is 64.2 Å².